The van der Waals surface area contributed by atoms with Gasteiger partial charge in [-0.2, -0.15) is 0 Å². The quantitative estimate of drug-likeness (QED) is 0.254. The van der Waals surface area contributed by atoms with Gasteiger partial charge in [0.2, 0.25) is 18.3 Å². The molecule has 5 rings (SSSR count). The Morgan fingerprint density at radius 3 is 2.27 bits per heavy atom. The van der Waals surface area contributed by atoms with Gasteiger partial charge in [0.15, 0.2) is 23.0 Å². The summed E-state index contributed by atoms with van der Waals surface area (Å²) in [5, 5.41) is 0. The van der Waals surface area contributed by atoms with Crippen LogP contribution in [0.2, 0.25) is 0 Å². The normalized spacial score (nSPS) is 19.2. The Morgan fingerprint density at radius 1 is 0.875 bits per heavy atom. The van der Waals surface area contributed by atoms with Gasteiger partial charge < -0.3 is 33.2 Å². The predicted octanol–water partition coefficient (Wildman–Crippen LogP) is 6.24. The lowest BCUT2D eigenvalue weighted by Gasteiger charge is -2.35. The van der Waals surface area contributed by atoms with Crippen molar-refractivity contribution in [1.29, 1.82) is 0 Å². The van der Waals surface area contributed by atoms with Gasteiger partial charge in [0.1, 0.15) is 6.10 Å². The zero-order valence-corrected chi connectivity index (χ0v) is 23.6. The van der Waals surface area contributed by atoms with Gasteiger partial charge in [0, 0.05) is 28.7 Å². The molecule has 3 aromatic rings. The van der Waals surface area contributed by atoms with E-state index in [2.05, 4.69) is 13.8 Å². The molecule has 3 aromatic carbocycles. The molecule has 0 unspecified atom stereocenters. The summed E-state index contributed by atoms with van der Waals surface area (Å²) < 4.78 is 41.2. The lowest BCUT2D eigenvalue weighted by molar-refractivity contribution is -0.146. The average molecular weight is 547 g/mol. The minimum Gasteiger partial charge on any atom is -0.493 e. The van der Waals surface area contributed by atoms with Gasteiger partial charge in [-0.15, -0.1) is 0 Å². The Kier molecular flexibility index (Phi) is 7.78. The second-order valence-electron chi connectivity index (χ2n) is 9.93. The molecule has 0 amide bonds. The van der Waals surface area contributed by atoms with E-state index in [0.717, 1.165) is 22.3 Å². The summed E-state index contributed by atoms with van der Waals surface area (Å²) in [4.78, 5) is 13.2. The van der Waals surface area contributed by atoms with Gasteiger partial charge in [-0.05, 0) is 41.7 Å². The zero-order chi connectivity index (χ0) is 28.4. The van der Waals surface area contributed by atoms with E-state index in [1.54, 1.807) is 34.5 Å². The largest absolute Gasteiger partial charge is 0.493 e. The number of hydrogen-bond donors (Lipinski definition) is 0. The van der Waals surface area contributed by atoms with E-state index in [1.165, 1.54) is 6.08 Å². The summed E-state index contributed by atoms with van der Waals surface area (Å²) in [6, 6.07) is 13.5. The third-order valence-electron chi connectivity index (χ3n) is 7.69. The highest BCUT2D eigenvalue weighted by atomic mass is 16.7. The maximum atomic E-state index is 13.2. The van der Waals surface area contributed by atoms with Crippen molar-refractivity contribution in [1.82, 2.24) is 0 Å². The Labute approximate surface area is 234 Å². The van der Waals surface area contributed by atoms with E-state index in [-0.39, 0.29) is 18.6 Å². The van der Waals surface area contributed by atoms with Crippen LogP contribution in [0.15, 0.2) is 48.5 Å². The Hall–Kier alpha value is -4.33. The van der Waals surface area contributed by atoms with Crippen LogP contribution in [-0.2, 0) is 16.0 Å². The SMILES string of the molecule is COc1cc2c(c(OC)c1OC)-c1c(cc3c(c1OC)OCO3)[C@H](OC(=O)/C=C\c1ccccc1)[C@H](C)[C@H](C)C2. The molecule has 0 saturated carbocycles. The lowest BCUT2D eigenvalue weighted by atomic mass is 9.76. The first kappa shape index (κ1) is 27.2. The molecule has 2 aliphatic rings. The molecule has 0 aromatic heterocycles. The molecule has 0 spiro atoms. The predicted molar refractivity (Wildman–Crippen MR) is 151 cm³/mol. The van der Waals surface area contributed by atoms with Gasteiger partial charge in [0.25, 0.3) is 0 Å². The van der Waals surface area contributed by atoms with Gasteiger partial charge >= 0.3 is 5.97 Å². The third-order valence-corrected chi connectivity index (χ3v) is 7.69. The van der Waals surface area contributed by atoms with Crippen LogP contribution in [0.3, 0.4) is 0 Å². The van der Waals surface area contributed by atoms with E-state index in [1.807, 2.05) is 42.5 Å². The molecule has 210 valence electrons. The molecule has 1 aliphatic heterocycles. The maximum Gasteiger partial charge on any atom is 0.331 e. The smallest absolute Gasteiger partial charge is 0.331 e. The molecule has 8 heteroatoms. The Balaban J connectivity index is 1.74. The monoisotopic (exact) mass is 546 g/mol. The van der Waals surface area contributed by atoms with Crippen molar-refractivity contribution < 1.29 is 38.0 Å². The fraction of sp³-hybridized carbons (Fsp3) is 0.344. The summed E-state index contributed by atoms with van der Waals surface area (Å²) >= 11 is 0. The number of benzene rings is 3. The molecular formula is C32H34O8. The molecule has 8 nitrogen and oxygen atoms in total. The minimum atomic E-state index is -0.618. The van der Waals surface area contributed by atoms with Gasteiger partial charge in [-0.3, -0.25) is 0 Å². The number of fused-ring (bicyclic) bond motifs is 4. The first-order valence-electron chi connectivity index (χ1n) is 13.2. The highest BCUT2D eigenvalue weighted by Gasteiger charge is 2.39. The molecule has 0 bridgehead atoms. The fourth-order valence-corrected chi connectivity index (χ4v) is 5.53. The molecular weight excluding hydrogens is 512 g/mol. The van der Waals surface area contributed by atoms with Crippen LogP contribution in [0.5, 0.6) is 34.5 Å². The average Bonchev–Trinajstić information content (AvgIpc) is 3.45. The number of ether oxygens (including phenoxy) is 7. The highest BCUT2D eigenvalue weighted by molar-refractivity contribution is 5.90. The van der Waals surface area contributed by atoms with Gasteiger partial charge in [-0.1, -0.05) is 44.2 Å². The topological polar surface area (TPSA) is 81.7 Å². The zero-order valence-electron chi connectivity index (χ0n) is 23.6. The second-order valence-corrected chi connectivity index (χ2v) is 9.93. The fourth-order valence-electron chi connectivity index (χ4n) is 5.53. The molecule has 1 heterocycles. The first-order valence-corrected chi connectivity index (χ1v) is 13.2. The van der Waals surface area contributed by atoms with Crippen molar-refractivity contribution in [3.8, 4) is 45.6 Å². The molecule has 3 atom stereocenters. The van der Waals surface area contributed by atoms with Crippen molar-refractivity contribution in [3.63, 3.8) is 0 Å². The molecule has 40 heavy (non-hydrogen) atoms. The number of carbonyl (C=O) groups excluding carboxylic acids is 1. The van der Waals surface area contributed by atoms with Crippen molar-refractivity contribution in [2.75, 3.05) is 35.2 Å². The highest BCUT2D eigenvalue weighted by Crippen LogP contribution is 2.58. The number of rotatable bonds is 7. The lowest BCUT2D eigenvalue weighted by Crippen LogP contribution is -2.26. The number of hydrogen-bond acceptors (Lipinski definition) is 8. The van der Waals surface area contributed by atoms with Crippen molar-refractivity contribution in [3.05, 3.63) is 65.2 Å². The van der Waals surface area contributed by atoms with E-state index < -0.39 is 12.1 Å². The van der Waals surface area contributed by atoms with Crippen LogP contribution in [0, 0.1) is 11.8 Å². The summed E-state index contributed by atoms with van der Waals surface area (Å²) in [6.07, 6.45) is 3.25. The van der Waals surface area contributed by atoms with Crippen LogP contribution < -0.4 is 28.4 Å². The van der Waals surface area contributed by atoms with E-state index in [0.29, 0.717) is 46.5 Å². The van der Waals surface area contributed by atoms with Crippen LogP contribution in [0.1, 0.15) is 36.6 Å². The number of esters is 1. The van der Waals surface area contributed by atoms with Gasteiger partial charge in [0.05, 0.1) is 28.4 Å². The van der Waals surface area contributed by atoms with Crippen LogP contribution >= 0.6 is 0 Å². The number of carbonyl (C=O) groups is 1. The minimum absolute atomic E-state index is 0.0563. The molecule has 1 aliphatic carbocycles. The Morgan fingerprint density at radius 2 is 1.60 bits per heavy atom. The van der Waals surface area contributed by atoms with E-state index >= 15 is 0 Å². The van der Waals surface area contributed by atoms with Crippen molar-refractivity contribution in [2.45, 2.75) is 26.4 Å². The van der Waals surface area contributed by atoms with E-state index in [9.17, 15) is 4.79 Å². The van der Waals surface area contributed by atoms with Crippen LogP contribution in [0.25, 0.3) is 17.2 Å². The van der Waals surface area contributed by atoms with Gasteiger partial charge in [-0.25, -0.2) is 4.79 Å². The van der Waals surface area contributed by atoms with Crippen molar-refractivity contribution >= 4 is 12.0 Å². The second kappa shape index (κ2) is 11.4. The first-order chi connectivity index (χ1) is 19.4. The summed E-state index contributed by atoms with van der Waals surface area (Å²) in [7, 11) is 6.35. The summed E-state index contributed by atoms with van der Waals surface area (Å²) in [5.41, 5.74) is 4.09. The number of methoxy groups -OCH3 is 4. The molecule has 0 N–H and O–H groups in total. The molecule has 0 radical (unpaired) electrons. The maximum absolute atomic E-state index is 13.2. The van der Waals surface area contributed by atoms with Crippen LogP contribution in [-0.4, -0.2) is 41.2 Å². The molecule has 0 fully saturated rings. The van der Waals surface area contributed by atoms with E-state index in [4.69, 9.17) is 33.2 Å². The molecule has 0 saturated heterocycles. The standard InChI is InChI=1S/C32H34O8/c1-18-14-21-15-23(34-3)29(35-4)31(36-5)26(21)27-22(16-24-30(32(27)37-6)39-17-38-24)28(19(18)2)40-25(33)13-12-20-10-8-7-9-11-20/h7-13,15-16,18-19,28H,14,17H2,1-6H3/b13-12-/t18-,19-,28-/m1/s1. The summed E-state index contributed by atoms with van der Waals surface area (Å²) in [6.45, 7) is 4.29. The van der Waals surface area contributed by atoms with Crippen LogP contribution in [0.4, 0.5) is 0 Å². The summed E-state index contributed by atoms with van der Waals surface area (Å²) in [5.74, 6) is 2.59. The Bertz CT molecular complexity index is 1430. The van der Waals surface area contributed by atoms with Crippen molar-refractivity contribution in [2.24, 2.45) is 11.8 Å². The third kappa shape index (κ3) is 4.78.